The van der Waals surface area contributed by atoms with E-state index in [9.17, 15) is 0 Å². The molecule has 0 aliphatic carbocycles. The van der Waals surface area contributed by atoms with Gasteiger partial charge in [-0.3, -0.25) is 14.7 Å². The van der Waals surface area contributed by atoms with Crippen molar-refractivity contribution in [2.75, 3.05) is 205 Å². The summed E-state index contributed by atoms with van der Waals surface area (Å²) in [5.41, 5.74) is 0. The molecule has 0 saturated heterocycles. The highest BCUT2D eigenvalue weighted by Crippen LogP contribution is 2.09. The molecule has 0 aliphatic rings. The molecule has 0 radical (unpaired) electrons. The molecule has 17 heteroatoms. The van der Waals surface area contributed by atoms with Crippen LogP contribution in [0, 0.1) is 0 Å². The topological polar surface area (TPSA) is 183 Å². The average Bonchev–Trinajstić information content (AvgIpc) is 3.26. The van der Waals surface area contributed by atoms with Gasteiger partial charge in [0.2, 0.25) is 0 Å². The largest absolute Gasteiger partial charge is 0.394 e. The number of ether oxygens (including phenoxy) is 10. The van der Waals surface area contributed by atoms with Gasteiger partial charge in [-0.25, -0.2) is 0 Å². The fourth-order valence-corrected chi connectivity index (χ4v) is 6.07. The van der Waals surface area contributed by atoms with Crippen LogP contribution in [0.4, 0.5) is 0 Å². The van der Waals surface area contributed by atoms with Crippen molar-refractivity contribution >= 4 is 0 Å². The van der Waals surface area contributed by atoms with Crippen molar-refractivity contribution in [3.05, 3.63) is 0 Å². The molecule has 0 bridgehead atoms. The van der Waals surface area contributed by atoms with Gasteiger partial charge in [0.1, 0.15) is 0 Å². The maximum atomic E-state index is 9.05. The Hall–Kier alpha value is -0.680. The van der Waals surface area contributed by atoms with Gasteiger partial charge in [-0.1, -0.05) is 26.2 Å². The minimum atomic E-state index is -0.386. The Labute approximate surface area is 364 Å². The van der Waals surface area contributed by atoms with Crippen LogP contribution in [0.15, 0.2) is 0 Å². The zero-order valence-corrected chi connectivity index (χ0v) is 38.1. The summed E-state index contributed by atoms with van der Waals surface area (Å²) >= 11 is 0. The Bertz CT molecular complexity index is 777. The molecular formula is C43H91N3O14. The number of aliphatic hydroxyl groups is 4. The predicted octanol–water partition coefficient (Wildman–Crippen LogP) is 1.90. The molecule has 60 heavy (non-hydrogen) atoms. The lowest BCUT2D eigenvalue weighted by Crippen LogP contribution is -2.33. The van der Waals surface area contributed by atoms with Gasteiger partial charge < -0.3 is 67.8 Å². The summed E-state index contributed by atoms with van der Waals surface area (Å²) in [4.78, 5) is 6.95. The number of rotatable bonds is 53. The number of hydrogen-bond acceptors (Lipinski definition) is 17. The summed E-state index contributed by atoms with van der Waals surface area (Å²) in [6, 6.07) is 0. The average molecular weight is 874 g/mol. The lowest BCUT2D eigenvalue weighted by molar-refractivity contribution is -0.161. The third-order valence-electron chi connectivity index (χ3n) is 9.39. The van der Waals surface area contributed by atoms with Gasteiger partial charge >= 0.3 is 0 Å². The van der Waals surface area contributed by atoms with Crippen molar-refractivity contribution in [3.8, 4) is 0 Å². The van der Waals surface area contributed by atoms with Crippen molar-refractivity contribution in [2.24, 2.45) is 0 Å². The first-order valence-electron chi connectivity index (χ1n) is 23.0. The molecule has 0 aromatic rings. The van der Waals surface area contributed by atoms with E-state index in [1.54, 1.807) is 7.11 Å². The van der Waals surface area contributed by atoms with Crippen molar-refractivity contribution in [1.82, 2.24) is 14.7 Å². The summed E-state index contributed by atoms with van der Waals surface area (Å²) in [5, 5.41) is 36.0. The maximum absolute atomic E-state index is 9.05. The molecule has 1 unspecified atom stereocenters. The summed E-state index contributed by atoms with van der Waals surface area (Å²) in [6.07, 6.45) is 9.56. The smallest absolute Gasteiger partial charge is 0.159 e. The SMILES string of the molecule is CCCOCCCN(CCOCCO)CCOCCC(OCCCCCCCN(CCOCCO)CCOCCO)OCCOCCN(CCCCOC)CCOCCO. The first-order chi connectivity index (χ1) is 29.6. The third-order valence-corrected chi connectivity index (χ3v) is 9.39. The monoisotopic (exact) mass is 874 g/mol. The van der Waals surface area contributed by atoms with Crippen molar-refractivity contribution in [3.63, 3.8) is 0 Å². The molecule has 1 atom stereocenters. The first kappa shape index (κ1) is 59.3. The Morgan fingerprint density at radius 1 is 0.333 bits per heavy atom. The second kappa shape index (κ2) is 51.0. The van der Waals surface area contributed by atoms with Gasteiger partial charge in [0, 0.05) is 85.8 Å². The molecular weight excluding hydrogens is 782 g/mol. The number of aliphatic hydroxyl groups excluding tert-OH is 4. The van der Waals surface area contributed by atoms with Crippen LogP contribution in [-0.2, 0) is 47.4 Å². The summed E-state index contributed by atoms with van der Waals surface area (Å²) < 4.78 is 57.2. The van der Waals surface area contributed by atoms with Crippen LogP contribution in [0.5, 0.6) is 0 Å². The summed E-state index contributed by atoms with van der Waals surface area (Å²) in [6.45, 7) is 18.8. The Kier molecular flexibility index (Phi) is 50.4. The van der Waals surface area contributed by atoms with E-state index < -0.39 is 0 Å². The normalized spacial score (nSPS) is 12.6. The molecule has 362 valence electrons. The third kappa shape index (κ3) is 43.9. The fourth-order valence-electron chi connectivity index (χ4n) is 6.07. The van der Waals surface area contributed by atoms with Crippen molar-refractivity contribution < 1.29 is 67.8 Å². The zero-order chi connectivity index (χ0) is 43.7. The fraction of sp³-hybridized carbons (Fsp3) is 1.00. The predicted molar refractivity (Wildman–Crippen MR) is 233 cm³/mol. The highest BCUT2D eigenvalue weighted by molar-refractivity contribution is 4.61. The molecule has 0 spiro atoms. The van der Waals surface area contributed by atoms with Crippen LogP contribution in [0.2, 0.25) is 0 Å². The molecule has 0 fully saturated rings. The highest BCUT2D eigenvalue weighted by Gasteiger charge is 2.12. The lowest BCUT2D eigenvalue weighted by atomic mass is 10.1. The molecule has 0 aromatic heterocycles. The second-order valence-electron chi connectivity index (χ2n) is 14.5. The van der Waals surface area contributed by atoms with E-state index in [4.69, 9.17) is 67.8 Å². The van der Waals surface area contributed by atoms with E-state index in [1.807, 2.05) is 0 Å². The van der Waals surface area contributed by atoms with Crippen molar-refractivity contribution in [2.45, 2.75) is 77.4 Å². The molecule has 0 aliphatic heterocycles. The highest BCUT2D eigenvalue weighted by atomic mass is 16.7. The van der Waals surface area contributed by atoms with Gasteiger partial charge in [0.05, 0.1) is 112 Å². The maximum Gasteiger partial charge on any atom is 0.159 e. The number of nitrogens with zero attached hydrogens (tertiary/aromatic N) is 3. The summed E-state index contributed by atoms with van der Waals surface area (Å²) in [5.74, 6) is 0. The Balaban J connectivity index is 4.83. The molecule has 0 heterocycles. The molecule has 0 amide bonds. The first-order valence-corrected chi connectivity index (χ1v) is 23.0. The van der Waals surface area contributed by atoms with Gasteiger partial charge in [-0.2, -0.15) is 0 Å². The van der Waals surface area contributed by atoms with E-state index in [0.717, 1.165) is 137 Å². The van der Waals surface area contributed by atoms with Gasteiger partial charge in [-0.15, -0.1) is 0 Å². The number of methoxy groups -OCH3 is 1. The Morgan fingerprint density at radius 3 is 1.20 bits per heavy atom. The van der Waals surface area contributed by atoms with E-state index in [2.05, 4.69) is 21.6 Å². The molecule has 0 aromatic carbocycles. The second-order valence-corrected chi connectivity index (χ2v) is 14.5. The summed E-state index contributed by atoms with van der Waals surface area (Å²) in [7, 11) is 1.72. The van der Waals surface area contributed by atoms with E-state index in [0.29, 0.717) is 98.9 Å². The number of unbranched alkanes of at least 4 members (excludes halogenated alkanes) is 5. The van der Waals surface area contributed by atoms with E-state index >= 15 is 0 Å². The van der Waals surface area contributed by atoms with Crippen LogP contribution in [0.3, 0.4) is 0 Å². The van der Waals surface area contributed by atoms with E-state index in [-0.39, 0.29) is 32.7 Å². The van der Waals surface area contributed by atoms with Crippen LogP contribution in [-0.4, -0.2) is 246 Å². The van der Waals surface area contributed by atoms with Crippen LogP contribution in [0.1, 0.15) is 71.1 Å². The minimum Gasteiger partial charge on any atom is -0.394 e. The van der Waals surface area contributed by atoms with Crippen LogP contribution in [0.25, 0.3) is 0 Å². The van der Waals surface area contributed by atoms with Gasteiger partial charge in [0.25, 0.3) is 0 Å². The minimum absolute atomic E-state index is 0.0235. The molecule has 0 rings (SSSR count). The lowest BCUT2D eigenvalue weighted by Gasteiger charge is -2.23. The quantitative estimate of drug-likeness (QED) is 0.0513. The Morgan fingerprint density at radius 2 is 0.717 bits per heavy atom. The standard InChI is InChI=1S/C43H91N3O14/c1-3-26-52-28-11-15-46(20-35-57-40-25-50)16-31-53-30-12-43(60-42-41-58-36-21-45(14-8-10-27-51-2)19-34-56-39-24-49)59-29-9-6-4-5-7-13-44(17-32-54-37-22-47)18-33-55-38-23-48/h43,47-50H,3-42H2,1-2H3. The van der Waals surface area contributed by atoms with Gasteiger partial charge in [0.15, 0.2) is 6.29 Å². The van der Waals surface area contributed by atoms with E-state index in [1.165, 1.54) is 0 Å². The van der Waals surface area contributed by atoms with Crippen molar-refractivity contribution in [1.29, 1.82) is 0 Å². The van der Waals surface area contributed by atoms with Gasteiger partial charge in [-0.05, 0) is 51.6 Å². The van der Waals surface area contributed by atoms with Crippen LogP contribution >= 0.6 is 0 Å². The molecule has 0 saturated carbocycles. The number of hydrogen-bond donors (Lipinski definition) is 4. The van der Waals surface area contributed by atoms with Crippen LogP contribution < -0.4 is 0 Å². The zero-order valence-electron chi connectivity index (χ0n) is 38.1. The molecule has 17 nitrogen and oxygen atoms in total. The molecule has 4 N–H and O–H groups in total.